The Balaban J connectivity index is 2.57. The smallest absolute Gasteiger partial charge is 0.344 e. The molecule has 0 aliphatic rings. The third kappa shape index (κ3) is 6.17. The molecule has 0 saturated heterocycles. The first-order valence-corrected chi connectivity index (χ1v) is 7.34. The van der Waals surface area contributed by atoms with Crippen LogP contribution in [0.1, 0.15) is 45.7 Å². The quantitative estimate of drug-likeness (QED) is 0.753. The fourth-order valence-corrected chi connectivity index (χ4v) is 2.20. The molecule has 1 unspecified atom stereocenters. The Kier molecular flexibility index (Phi) is 6.21. The first-order valence-electron chi connectivity index (χ1n) is 7.34. The highest BCUT2D eigenvalue weighted by Gasteiger charge is 2.16. The average Bonchev–Trinajstić information content (AvgIpc) is 2.36. The van der Waals surface area contributed by atoms with Crippen LogP contribution in [0.3, 0.4) is 0 Å². The maximum Gasteiger partial charge on any atom is 0.344 e. The van der Waals surface area contributed by atoms with E-state index in [0.29, 0.717) is 11.8 Å². The van der Waals surface area contributed by atoms with Gasteiger partial charge in [-0.15, -0.1) is 0 Å². The summed E-state index contributed by atoms with van der Waals surface area (Å²) >= 11 is 0. The molecule has 21 heavy (non-hydrogen) atoms. The molecule has 0 amide bonds. The number of rotatable bonds is 6. The van der Waals surface area contributed by atoms with Crippen LogP contribution in [0.5, 0.6) is 5.75 Å². The molecule has 0 N–H and O–H groups in total. The van der Waals surface area contributed by atoms with Gasteiger partial charge >= 0.3 is 5.97 Å². The molecule has 0 spiro atoms. The standard InChI is InChI=1S/C17H27NO3/c1-7-15(18(5)6)13-8-10-14(11-9-13)20-12-16(19)21-17(2,3)4/h8-11,15H,7,12H2,1-6H3. The normalized spacial score (nSPS) is 13.1. The molecule has 0 saturated carbocycles. The van der Waals surface area contributed by atoms with Crippen LogP contribution in [0, 0.1) is 0 Å². The molecule has 0 radical (unpaired) electrons. The second kappa shape index (κ2) is 7.46. The summed E-state index contributed by atoms with van der Waals surface area (Å²) in [5.41, 5.74) is 0.761. The fraction of sp³-hybridized carbons (Fsp3) is 0.588. The van der Waals surface area contributed by atoms with Gasteiger partial charge in [0.25, 0.3) is 0 Å². The van der Waals surface area contributed by atoms with Gasteiger partial charge in [0.1, 0.15) is 11.4 Å². The van der Waals surface area contributed by atoms with Crippen molar-refractivity contribution in [2.75, 3.05) is 20.7 Å². The largest absolute Gasteiger partial charge is 0.482 e. The zero-order valence-electron chi connectivity index (χ0n) is 14.0. The summed E-state index contributed by atoms with van der Waals surface area (Å²) in [5.74, 6) is 0.324. The van der Waals surface area contributed by atoms with Crippen LogP contribution in [0.15, 0.2) is 24.3 Å². The molecule has 0 heterocycles. The third-order valence-corrected chi connectivity index (χ3v) is 3.05. The topological polar surface area (TPSA) is 38.8 Å². The Morgan fingerprint density at radius 2 is 1.76 bits per heavy atom. The summed E-state index contributed by atoms with van der Waals surface area (Å²) in [6.45, 7) is 7.61. The third-order valence-electron chi connectivity index (χ3n) is 3.05. The van der Waals surface area contributed by atoms with Crippen LogP contribution in [-0.2, 0) is 9.53 Å². The lowest BCUT2D eigenvalue weighted by molar-refractivity contribution is -0.157. The van der Waals surface area contributed by atoms with Crippen molar-refractivity contribution >= 4 is 5.97 Å². The van der Waals surface area contributed by atoms with Gasteiger partial charge in [0.15, 0.2) is 6.61 Å². The van der Waals surface area contributed by atoms with Gasteiger partial charge in [-0.05, 0) is 59.0 Å². The van der Waals surface area contributed by atoms with E-state index in [1.54, 1.807) is 0 Å². The molecular weight excluding hydrogens is 266 g/mol. The Morgan fingerprint density at radius 3 is 2.19 bits per heavy atom. The minimum atomic E-state index is -0.482. The van der Waals surface area contributed by atoms with E-state index < -0.39 is 5.60 Å². The molecule has 1 aromatic carbocycles. The van der Waals surface area contributed by atoms with Crippen molar-refractivity contribution < 1.29 is 14.3 Å². The minimum absolute atomic E-state index is 0.0680. The molecule has 1 aromatic rings. The van der Waals surface area contributed by atoms with E-state index in [1.165, 1.54) is 5.56 Å². The number of hydrogen-bond acceptors (Lipinski definition) is 4. The molecule has 0 bridgehead atoms. The Hall–Kier alpha value is -1.55. The molecule has 118 valence electrons. The predicted octanol–water partition coefficient (Wildman–Crippen LogP) is 3.42. The second-order valence-corrected chi connectivity index (χ2v) is 6.33. The molecule has 4 nitrogen and oxygen atoms in total. The average molecular weight is 293 g/mol. The van der Waals surface area contributed by atoms with Crippen molar-refractivity contribution in [2.45, 2.75) is 45.8 Å². The van der Waals surface area contributed by atoms with Gasteiger partial charge in [-0.2, -0.15) is 0 Å². The number of nitrogens with zero attached hydrogens (tertiary/aromatic N) is 1. The number of esters is 1. The first kappa shape index (κ1) is 17.5. The number of hydrogen-bond donors (Lipinski definition) is 0. The van der Waals surface area contributed by atoms with Crippen molar-refractivity contribution in [3.8, 4) is 5.75 Å². The molecule has 1 rings (SSSR count). The summed E-state index contributed by atoms with van der Waals surface area (Å²) < 4.78 is 10.7. The number of carbonyl (C=O) groups is 1. The van der Waals surface area contributed by atoms with Gasteiger partial charge in [-0.1, -0.05) is 19.1 Å². The van der Waals surface area contributed by atoms with E-state index in [2.05, 4.69) is 25.9 Å². The second-order valence-electron chi connectivity index (χ2n) is 6.33. The Bertz CT molecular complexity index is 446. The summed E-state index contributed by atoms with van der Waals surface area (Å²) in [4.78, 5) is 13.8. The maximum absolute atomic E-state index is 11.6. The van der Waals surface area contributed by atoms with Crippen LogP contribution in [-0.4, -0.2) is 37.2 Å². The minimum Gasteiger partial charge on any atom is -0.482 e. The summed E-state index contributed by atoms with van der Waals surface area (Å²) in [7, 11) is 4.14. The number of benzene rings is 1. The maximum atomic E-state index is 11.6. The van der Waals surface area contributed by atoms with Crippen molar-refractivity contribution in [2.24, 2.45) is 0 Å². The van der Waals surface area contributed by atoms with Gasteiger partial charge < -0.3 is 14.4 Å². The van der Waals surface area contributed by atoms with Crippen LogP contribution in [0.25, 0.3) is 0 Å². The van der Waals surface area contributed by atoms with Gasteiger partial charge in [0, 0.05) is 6.04 Å². The van der Waals surface area contributed by atoms with Crippen molar-refractivity contribution in [1.82, 2.24) is 4.90 Å². The fourth-order valence-electron chi connectivity index (χ4n) is 2.20. The molecule has 1 atom stereocenters. The van der Waals surface area contributed by atoms with E-state index in [1.807, 2.05) is 45.0 Å². The predicted molar refractivity (Wildman–Crippen MR) is 84.5 cm³/mol. The van der Waals surface area contributed by atoms with Crippen LogP contribution >= 0.6 is 0 Å². The lowest BCUT2D eigenvalue weighted by Gasteiger charge is -2.23. The van der Waals surface area contributed by atoms with E-state index in [9.17, 15) is 4.79 Å². The molecule has 0 fully saturated rings. The summed E-state index contributed by atoms with van der Waals surface area (Å²) in [6, 6.07) is 8.26. The molecule has 0 aromatic heterocycles. The number of carbonyl (C=O) groups excluding carboxylic acids is 1. The lowest BCUT2D eigenvalue weighted by Crippen LogP contribution is -2.27. The highest BCUT2D eigenvalue weighted by atomic mass is 16.6. The van der Waals surface area contributed by atoms with E-state index in [-0.39, 0.29) is 12.6 Å². The van der Waals surface area contributed by atoms with Crippen molar-refractivity contribution in [3.05, 3.63) is 29.8 Å². The summed E-state index contributed by atoms with van der Waals surface area (Å²) in [6.07, 6.45) is 1.05. The van der Waals surface area contributed by atoms with Crippen molar-refractivity contribution in [1.29, 1.82) is 0 Å². The highest BCUT2D eigenvalue weighted by Crippen LogP contribution is 2.23. The zero-order valence-corrected chi connectivity index (χ0v) is 14.0. The van der Waals surface area contributed by atoms with Crippen molar-refractivity contribution in [3.63, 3.8) is 0 Å². The van der Waals surface area contributed by atoms with Crippen LogP contribution in [0.4, 0.5) is 0 Å². The molecule has 4 heteroatoms. The van der Waals surface area contributed by atoms with Gasteiger partial charge in [-0.3, -0.25) is 0 Å². The highest BCUT2D eigenvalue weighted by molar-refractivity contribution is 5.71. The monoisotopic (exact) mass is 293 g/mol. The zero-order chi connectivity index (χ0) is 16.0. The number of ether oxygens (including phenoxy) is 2. The SMILES string of the molecule is CCC(c1ccc(OCC(=O)OC(C)(C)C)cc1)N(C)C. The van der Waals surface area contributed by atoms with Crippen LogP contribution < -0.4 is 4.74 Å². The Morgan fingerprint density at radius 1 is 1.19 bits per heavy atom. The van der Waals surface area contributed by atoms with Crippen LogP contribution in [0.2, 0.25) is 0 Å². The van der Waals surface area contributed by atoms with E-state index >= 15 is 0 Å². The Labute approximate surface area is 128 Å². The lowest BCUT2D eigenvalue weighted by atomic mass is 10.0. The molecular formula is C17H27NO3. The van der Waals surface area contributed by atoms with E-state index in [0.717, 1.165) is 6.42 Å². The first-order chi connectivity index (χ1) is 9.73. The van der Waals surface area contributed by atoms with E-state index in [4.69, 9.17) is 9.47 Å². The molecule has 0 aliphatic heterocycles. The summed E-state index contributed by atoms with van der Waals surface area (Å²) in [5, 5.41) is 0. The van der Waals surface area contributed by atoms with Gasteiger partial charge in [0.2, 0.25) is 0 Å². The van der Waals surface area contributed by atoms with Gasteiger partial charge in [0.05, 0.1) is 0 Å². The molecule has 0 aliphatic carbocycles. The van der Waals surface area contributed by atoms with Gasteiger partial charge in [-0.25, -0.2) is 4.79 Å².